The molecular weight excluding hydrogens is 258 g/mol. The van der Waals surface area contributed by atoms with E-state index in [1.165, 1.54) is 41.1 Å². The fourth-order valence-corrected chi connectivity index (χ4v) is 3.51. The molecule has 1 aromatic heterocycles. The molecule has 0 saturated carbocycles. The third-order valence-corrected chi connectivity index (χ3v) is 4.51. The lowest BCUT2D eigenvalue weighted by Crippen LogP contribution is -2.08. The Labute approximate surface area is 116 Å². The van der Waals surface area contributed by atoms with Crippen LogP contribution < -0.4 is 0 Å². The van der Waals surface area contributed by atoms with Gasteiger partial charge in [0.1, 0.15) is 5.03 Å². The molecule has 0 atom stereocenters. The van der Waals surface area contributed by atoms with Crippen molar-refractivity contribution in [1.82, 2.24) is 4.98 Å². The number of aromatic nitrogens is 1. The van der Waals surface area contributed by atoms with Gasteiger partial charge in [-0.05, 0) is 42.9 Å². The van der Waals surface area contributed by atoms with E-state index in [2.05, 4.69) is 11.1 Å². The summed E-state index contributed by atoms with van der Waals surface area (Å²) in [5, 5.41) is 11.0. The van der Waals surface area contributed by atoms with Crippen LogP contribution in [0.4, 0.5) is 0 Å². The SMILES string of the molecule is O=C(O)CSc1nc2ccccc2c2c1CCCC2. The number of aryl methyl sites for hydroxylation is 1. The molecule has 1 aliphatic carbocycles. The van der Waals surface area contributed by atoms with E-state index in [0.29, 0.717) is 0 Å². The van der Waals surface area contributed by atoms with Crippen molar-refractivity contribution in [3.8, 4) is 0 Å². The van der Waals surface area contributed by atoms with E-state index in [9.17, 15) is 4.79 Å². The highest BCUT2D eigenvalue weighted by Crippen LogP contribution is 2.34. The van der Waals surface area contributed by atoms with Gasteiger partial charge >= 0.3 is 5.97 Å². The number of carboxylic acids is 1. The van der Waals surface area contributed by atoms with E-state index < -0.39 is 5.97 Å². The van der Waals surface area contributed by atoms with Gasteiger partial charge in [0.05, 0.1) is 11.3 Å². The van der Waals surface area contributed by atoms with Gasteiger partial charge in [-0.25, -0.2) is 4.98 Å². The Balaban J connectivity index is 2.12. The van der Waals surface area contributed by atoms with Gasteiger partial charge in [-0.2, -0.15) is 0 Å². The average molecular weight is 273 g/mol. The van der Waals surface area contributed by atoms with Crippen LogP contribution in [0.15, 0.2) is 29.3 Å². The predicted octanol–water partition coefficient (Wildman–Crippen LogP) is 3.29. The molecule has 0 spiro atoms. The van der Waals surface area contributed by atoms with E-state index in [1.54, 1.807) is 0 Å². The number of hydrogen-bond donors (Lipinski definition) is 1. The monoisotopic (exact) mass is 273 g/mol. The summed E-state index contributed by atoms with van der Waals surface area (Å²) in [6.07, 6.45) is 4.49. The molecule has 1 aliphatic rings. The summed E-state index contributed by atoms with van der Waals surface area (Å²) in [6, 6.07) is 8.16. The van der Waals surface area contributed by atoms with Crippen molar-refractivity contribution < 1.29 is 9.90 Å². The molecule has 1 N–H and O–H groups in total. The van der Waals surface area contributed by atoms with Gasteiger partial charge < -0.3 is 5.11 Å². The third kappa shape index (κ3) is 2.45. The van der Waals surface area contributed by atoms with Crippen LogP contribution in [0.2, 0.25) is 0 Å². The van der Waals surface area contributed by atoms with Gasteiger partial charge in [0, 0.05) is 5.39 Å². The Hall–Kier alpha value is -1.55. The first kappa shape index (κ1) is 12.5. The zero-order chi connectivity index (χ0) is 13.2. The second-order valence-corrected chi connectivity index (χ2v) is 5.74. The number of thioether (sulfide) groups is 1. The highest BCUT2D eigenvalue weighted by Gasteiger charge is 2.18. The number of fused-ring (bicyclic) bond motifs is 3. The molecule has 19 heavy (non-hydrogen) atoms. The molecule has 3 nitrogen and oxygen atoms in total. The summed E-state index contributed by atoms with van der Waals surface area (Å²) in [6.45, 7) is 0. The second-order valence-electron chi connectivity index (χ2n) is 4.78. The smallest absolute Gasteiger partial charge is 0.313 e. The number of hydrogen-bond acceptors (Lipinski definition) is 3. The molecule has 0 bridgehead atoms. The minimum atomic E-state index is -0.787. The lowest BCUT2D eigenvalue weighted by atomic mass is 9.90. The van der Waals surface area contributed by atoms with Crippen LogP contribution >= 0.6 is 11.8 Å². The fraction of sp³-hybridized carbons (Fsp3) is 0.333. The van der Waals surface area contributed by atoms with Crippen LogP contribution in [0.25, 0.3) is 10.9 Å². The molecule has 0 amide bonds. The molecule has 2 aromatic rings. The van der Waals surface area contributed by atoms with Crippen LogP contribution in [0.5, 0.6) is 0 Å². The number of nitrogens with zero attached hydrogens (tertiary/aromatic N) is 1. The average Bonchev–Trinajstić information content (AvgIpc) is 2.44. The van der Waals surface area contributed by atoms with E-state index in [0.717, 1.165) is 23.4 Å². The van der Waals surface area contributed by atoms with Gasteiger partial charge in [0.25, 0.3) is 0 Å². The zero-order valence-electron chi connectivity index (χ0n) is 10.6. The van der Waals surface area contributed by atoms with Crippen molar-refractivity contribution in [2.45, 2.75) is 30.7 Å². The maximum Gasteiger partial charge on any atom is 0.313 e. The van der Waals surface area contributed by atoms with E-state index in [4.69, 9.17) is 5.11 Å². The Morgan fingerprint density at radius 2 is 1.95 bits per heavy atom. The maximum atomic E-state index is 10.8. The topological polar surface area (TPSA) is 50.2 Å². The molecule has 4 heteroatoms. The molecule has 3 rings (SSSR count). The third-order valence-electron chi connectivity index (χ3n) is 3.51. The summed E-state index contributed by atoms with van der Waals surface area (Å²) >= 11 is 1.35. The first-order valence-corrected chi connectivity index (χ1v) is 7.49. The number of carbonyl (C=O) groups is 1. The number of benzene rings is 1. The molecule has 0 saturated heterocycles. The van der Waals surface area contributed by atoms with Crippen LogP contribution in [-0.4, -0.2) is 21.8 Å². The number of rotatable bonds is 3. The molecule has 0 fully saturated rings. The van der Waals surface area contributed by atoms with E-state index in [1.807, 2.05) is 18.2 Å². The Morgan fingerprint density at radius 3 is 2.74 bits per heavy atom. The normalized spacial score (nSPS) is 14.3. The van der Waals surface area contributed by atoms with E-state index in [-0.39, 0.29) is 5.75 Å². The number of para-hydroxylation sites is 1. The van der Waals surface area contributed by atoms with Crippen molar-refractivity contribution in [2.24, 2.45) is 0 Å². The molecule has 1 heterocycles. The summed E-state index contributed by atoms with van der Waals surface area (Å²) in [5.41, 5.74) is 3.64. The summed E-state index contributed by atoms with van der Waals surface area (Å²) in [7, 11) is 0. The molecule has 0 aliphatic heterocycles. The molecular formula is C15H15NO2S. The molecule has 98 valence electrons. The summed E-state index contributed by atoms with van der Waals surface area (Å²) < 4.78 is 0. The van der Waals surface area contributed by atoms with Crippen molar-refractivity contribution in [2.75, 3.05) is 5.75 Å². The van der Waals surface area contributed by atoms with Crippen LogP contribution in [0.3, 0.4) is 0 Å². The van der Waals surface area contributed by atoms with Crippen LogP contribution in [0.1, 0.15) is 24.0 Å². The second kappa shape index (κ2) is 5.21. The minimum absolute atomic E-state index is 0.0811. The first-order chi connectivity index (χ1) is 9.25. The van der Waals surface area contributed by atoms with Gasteiger partial charge in [0.2, 0.25) is 0 Å². The zero-order valence-corrected chi connectivity index (χ0v) is 11.4. The lowest BCUT2D eigenvalue weighted by molar-refractivity contribution is -0.133. The quantitative estimate of drug-likeness (QED) is 0.872. The lowest BCUT2D eigenvalue weighted by Gasteiger charge is -2.20. The Kier molecular flexibility index (Phi) is 3.42. The van der Waals surface area contributed by atoms with Gasteiger partial charge in [-0.3, -0.25) is 4.79 Å². The van der Waals surface area contributed by atoms with Crippen molar-refractivity contribution in [1.29, 1.82) is 0 Å². The highest BCUT2D eigenvalue weighted by atomic mass is 32.2. The summed E-state index contributed by atoms with van der Waals surface area (Å²) in [4.78, 5) is 15.4. The first-order valence-electron chi connectivity index (χ1n) is 6.51. The minimum Gasteiger partial charge on any atom is -0.481 e. The maximum absolute atomic E-state index is 10.8. The van der Waals surface area contributed by atoms with Gasteiger partial charge in [-0.1, -0.05) is 30.0 Å². The number of pyridine rings is 1. The van der Waals surface area contributed by atoms with E-state index >= 15 is 0 Å². The molecule has 1 aromatic carbocycles. The molecule has 0 radical (unpaired) electrons. The highest BCUT2D eigenvalue weighted by molar-refractivity contribution is 7.99. The predicted molar refractivity (Wildman–Crippen MR) is 76.7 cm³/mol. The van der Waals surface area contributed by atoms with Crippen LogP contribution in [0, 0.1) is 0 Å². The largest absolute Gasteiger partial charge is 0.481 e. The van der Waals surface area contributed by atoms with Gasteiger partial charge in [-0.15, -0.1) is 0 Å². The Morgan fingerprint density at radius 1 is 1.21 bits per heavy atom. The summed E-state index contributed by atoms with van der Waals surface area (Å²) in [5.74, 6) is -0.706. The number of aliphatic carboxylic acids is 1. The van der Waals surface area contributed by atoms with Crippen molar-refractivity contribution >= 4 is 28.6 Å². The van der Waals surface area contributed by atoms with Crippen LogP contribution in [-0.2, 0) is 17.6 Å². The fourth-order valence-electron chi connectivity index (χ4n) is 2.69. The Bertz CT molecular complexity index is 639. The standard InChI is InChI=1S/C15H15NO2S/c17-14(18)9-19-15-12-7-2-1-5-10(12)11-6-3-4-8-13(11)16-15/h3-4,6,8H,1-2,5,7,9H2,(H,17,18). The van der Waals surface area contributed by atoms with Crippen molar-refractivity contribution in [3.05, 3.63) is 35.4 Å². The van der Waals surface area contributed by atoms with Gasteiger partial charge in [0.15, 0.2) is 0 Å². The molecule has 0 unspecified atom stereocenters. The number of carboxylic acid groups (broad SMARTS) is 1. The van der Waals surface area contributed by atoms with Crippen molar-refractivity contribution in [3.63, 3.8) is 0 Å².